The number of hydrogen-bond acceptors (Lipinski definition) is 4. The summed E-state index contributed by atoms with van der Waals surface area (Å²) in [6.45, 7) is 0.690. The molecule has 0 aliphatic carbocycles. The fraction of sp³-hybridized carbons (Fsp3) is 0.235. The second kappa shape index (κ2) is 5.86. The fourth-order valence-corrected chi connectivity index (χ4v) is 2.73. The maximum atomic E-state index is 12.7. The number of likely N-dealkylation sites (N-methyl/N-ethyl adjacent to an activating group) is 1. The van der Waals surface area contributed by atoms with E-state index in [1.54, 1.807) is 17.0 Å². The summed E-state index contributed by atoms with van der Waals surface area (Å²) in [7, 11) is 1.85. The molecule has 110 valence electrons. The van der Waals surface area contributed by atoms with Crippen molar-refractivity contribution in [3.63, 3.8) is 0 Å². The number of anilines is 2. The molecule has 3 rings (SSSR count). The minimum Gasteiger partial charge on any atom is -0.348 e. The molecule has 1 aliphatic rings. The predicted molar refractivity (Wildman–Crippen MR) is 84.6 cm³/mol. The van der Waals surface area contributed by atoms with Crippen LogP contribution in [0.1, 0.15) is 12.1 Å². The van der Waals surface area contributed by atoms with Gasteiger partial charge in [-0.15, -0.1) is 0 Å². The van der Waals surface area contributed by atoms with E-state index in [1.165, 1.54) is 0 Å². The lowest BCUT2D eigenvalue weighted by atomic mass is 10.2. The molecule has 1 saturated heterocycles. The smallest absolute Gasteiger partial charge is 0.249 e. The molecule has 5 nitrogen and oxygen atoms in total. The zero-order chi connectivity index (χ0) is 15.5. The number of hydrogen-bond donors (Lipinski definition) is 0. The minimum atomic E-state index is -0.248. The summed E-state index contributed by atoms with van der Waals surface area (Å²) >= 11 is 0. The summed E-state index contributed by atoms with van der Waals surface area (Å²) < 4.78 is 0. The lowest BCUT2D eigenvalue weighted by Gasteiger charge is -2.25. The Bertz CT molecular complexity index is 723. The third-order valence-corrected chi connectivity index (χ3v) is 3.92. The first kappa shape index (κ1) is 14.1. The molecule has 22 heavy (non-hydrogen) atoms. The van der Waals surface area contributed by atoms with Gasteiger partial charge in [0.1, 0.15) is 23.6 Å². The van der Waals surface area contributed by atoms with Crippen LogP contribution < -0.4 is 9.80 Å². The second-order valence-electron chi connectivity index (χ2n) is 5.23. The van der Waals surface area contributed by atoms with Crippen molar-refractivity contribution in [1.29, 1.82) is 5.26 Å². The second-order valence-corrected chi connectivity index (χ2v) is 5.23. The lowest BCUT2D eigenvalue weighted by Crippen LogP contribution is -2.40. The SMILES string of the molecule is CN(c1cccc(C#N)n1)C1CCN(c2ccccc2)C1=O. The quantitative estimate of drug-likeness (QED) is 0.870. The minimum absolute atomic E-state index is 0.0675. The molecule has 2 aromatic rings. The average molecular weight is 292 g/mol. The molecule has 1 aromatic carbocycles. The molecule has 0 radical (unpaired) electrons. The summed E-state index contributed by atoms with van der Waals surface area (Å²) in [5.74, 6) is 0.713. The first-order valence-corrected chi connectivity index (χ1v) is 7.17. The van der Waals surface area contributed by atoms with Crippen LogP contribution in [-0.2, 0) is 4.79 Å². The highest BCUT2D eigenvalue weighted by Crippen LogP contribution is 2.25. The van der Waals surface area contributed by atoms with E-state index in [9.17, 15) is 4.79 Å². The molecule has 1 aromatic heterocycles. The summed E-state index contributed by atoms with van der Waals surface area (Å²) in [5.41, 5.74) is 1.27. The Morgan fingerprint density at radius 1 is 1.23 bits per heavy atom. The Hall–Kier alpha value is -2.87. The highest BCUT2D eigenvalue weighted by Gasteiger charge is 2.35. The third kappa shape index (κ3) is 2.51. The zero-order valence-corrected chi connectivity index (χ0v) is 12.3. The molecule has 1 unspecified atom stereocenters. The molecule has 5 heteroatoms. The molecule has 1 atom stereocenters. The maximum absolute atomic E-state index is 12.7. The van der Waals surface area contributed by atoms with Crippen LogP contribution in [0.5, 0.6) is 0 Å². The van der Waals surface area contributed by atoms with Gasteiger partial charge in [0.05, 0.1) is 0 Å². The van der Waals surface area contributed by atoms with Gasteiger partial charge in [0.15, 0.2) is 0 Å². The van der Waals surface area contributed by atoms with Gasteiger partial charge < -0.3 is 9.80 Å². The number of aromatic nitrogens is 1. The fourth-order valence-electron chi connectivity index (χ4n) is 2.73. The number of carbonyl (C=O) groups is 1. The van der Waals surface area contributed by atoms with Gasteiger partial charge in [-0.3, -0.25) is 4.79 Å². The molecule has 0 spiro atoms. The number of benzene rings is 1. The van der Waals surface area contributed by atoms with Crippen molar-refractivity contribution in [3.8, 4) is 6.07 Å². The van der Waals surface area contributed by atoms with Crippen LogP contribution in [0, 0.1) is 11.3 Å². The molecule has 2 heterocycles. The van der Waals surface area contributed by atoms with Gasteiger partial charge in [0.25, 0.3) is 0 Å². The van der Waals surface area contributed by atoms with Crippen LogP contribution in [-0.4, -0.2) is 30.5 Å². The Morgan fingerprint density at radius 2 is 2.00 bits per heavy atom. The third-order valence-electron chi connectivity index (χ3n) is 3.92. The van der Waals surface area contributed by atoms with Gasteiger partial charge in [-0.2, -0.15) is 5.26 Å². The number of pyridine rings is 1. The van der Waals surface area contributed by atoms with Gasteiger partial charge in [0, 0.05) is 19.3 Å². The van der Waals surface area contributed by atoms with E-state index >= 15 is 0 Å². The number of nitriles is 1. The van der Waals surface area contributed by atoms with Crippen molar-refractivity contribution in [2.45, 2.75) is 12.5 Å². The summed E-state index contributed by atoms with van der Waals surface area (Å²) in [5, 5.41) is 8.95. The largest absolute Gasteiger partial charge is 0.348 e. The lowest BCUT2D eigenvalue weighted by molar-refractivity contribution is -0.118. The highest BCUT2D eigenvalue weighted by molar-refractivity contribution is 6.01. The van der Waals surface area contributed by atoms with E-state index in [-0.39, 0.29) is 11.9 Å². The normalized spacial score (nSPS) is 17.4. The van der Waals surface area contributed by atoms with Crippen LogP contribution in [0.3, 0.4) is 0 Å². The summed E-state index contributed by atoms with van der Waals surface area (Å²) in [4.78, 5) is 20.6. The van der Waals surface area contributed by atoms with Crippen LogP contribution >= 0.6 is 0 Å². The maximum Gasteiger partial charge on any atom is 0.249 e. The van der Waals surface area contributed by atoms with E-state index < -0.39 is 0 Å². The first-order chi connectivity index (χ1) is 10.7. The van der Waals surface area contributed by atoms with Gasteiger partial charge in [0.2, 0.25) is 5.91 Å². The van der Waals surface area contributed by atoms with E-state index in [0.717, 1.165) is 12.1 Å². The number of rotatable bonds is 3. The number of nitrogens with zero attached hydrogens (tertiary/aromatic N) is 4. The van der Waals surface area contributed by atoms with Crippen LogP contribution in [0.25, 0.3) is 0 Å². The van der Waals surface area contributed by atoms with Crippen LogP contribution in [0.4, 0.5) is 11.5 Å². The Labute approximate surface area is 129 Å². The zero-order valence-electron chi connectivity index (χ0n) is 12.3. The average Bonchev–Trinajstić information content (AvgIpc) is 2.96. The van der Waals surface area contributed by atoms with Crippen LogP contribution in [0.2, 0.25) is 0 Å². The first-order valence-electron chi connectivity index (χ1n) is 7.17. The van der Waals surface area contributed by atoms with Crippen molar-refractivity contribution in [1.82, 2.24) is 4.98 Å². The molecule has 0 saturated carbocycles. The summed E-state index contributed by atoms with van der Waals surface area (Å²) in [6, 6.07) is 16.7. The van der Waals surface area contributed by atoms with E-state index in [4.69, 9.17) is 5.26 Å². The van der Waals surface area contributed by atoms with Gasteiger partial charge in [-0.25, -0.2) is 4.98 Å². The van der Waals surface area contributed by atoms with Crippen molar-refractivity contribution in [2.24, 2.45) is 0 Å². The van der Waals surface area contributed by atoms with E-state index in [1.807, 2.05) is 54.4 Å². The Morgan fingerprint density at radius 3 is 2.73 bits per heavy atom. The van der Waals surface area contributed by atoms with Crippen molar-refractivity contribution in [2.75, 3.05) is 23.4 Å². The molecular formula is C17H16N4O. The number of para-hydroxylation sites is 1. The van der Waals surface area contributed by atoms with Gasteiger partial charge in [-0.05, 0) is 30.7 Å². The molecule has 1 aliphatic heterocycles. The molecule has 1 amide bonds. The van der Waals surface area contributed by atoms with Crippen molar-refractivity contribution < 1.29 is 4.79 Å². The van der Waals surface area contributed by atoms with E-state index in [2.05, 4.69) is 4.98 Å². The van der Waals surface area contributed by atoms with Crippen molar-refractivity contribution in [3.05, 3.63) is 54.2 Å². The topological polar surface area (TPSA) is 60.2 Å². The van der Waals surface area contributed by atoms with Gasteiger partial charge >= 0.3 is 0 Å². The number of amides is 1. The Balaban J connectivity index is 1.81. The Kier molecular flexibility index (Phi) is 3.75. The van der Waals surface area contributed by atoms with Gasteiger partial charge in [-0.1, -0.05) is 24.3 Å². The molecule has 0 bridgehead atoms. The van der Waals surface area contributed by atoms with Crippen LogP contribution in [0.15, 0.2) is 48.5 Å². The molecule has 0 N–H and O–H groups in total. The van der Waals surface area contributed by atoms with E-state index in [0.29, 0.717) is 18.1 Å². The molecular weight excluding hydrogens is 276 g/mol. The predicted octanol–water partition coefficient (Wildman–Crippen LogP) is 2.19. The molecule has 1 fully saturated rings. The summed E-state index contributed by atoms with van der Waals surface area (Å²) in [6.07, 6.45) is 0.739. The van der Waals surface area contributed by atoms with Crippen molar-refractivity contribution >= 4 is 17.4 Å². The monoisotopic (exact) mass is 292 g/mol. The standard InChI is InChI=1S/C17H16N4O/c1-20(16-9-5-6-13(12-18)19-16)15-10-11-21(17(15)22)14-7-3-2-4-8-14/h2-9,15H,10-11H2,1H3. The highest BCUT2D eigenvalue weighted by atomic mass is 16.2. The number of carbonyl (C=O) groups excluding carboxylic acids is 1.